The van der Waals surface area contributed by atoms with E-state index in [4.69, 9.17) is 11.6 Å². The summed E-state index contributed by atoms with van der Waals surface area (Å²) in [6.45, 7) is 0.195. The van der Waals surface area contributed by atoms with E-state index in [1.165, 1.54) is 4.57 Å². The second kappa shape index (κ2) is 8.61. The van der Waals surface area contributed by atoms with Gasteiger partial charge in [-0.05, 0) is 36.2 Å². The van der Waals surface area contributed by atoms with Gasteiger partial charge in [0, 0.05) is 17.1 Å². The molecule has 3 N–H and O–H groups in total. The molecule has 9 heteroatoms. The van der Waals surface area contributed by atoms with Crippen molar-refractivity contribution < 1.29 is 9.59 Å². The van der Waals surface area contributed by atoms with Gasteiger partial charge in [0.1, 0.15) is 5.82 Å². The number of benzene rings is 2. The number of nitrogens with one attached hydrogen (secondary N) is 3. The van der Waals surface area contributed by atoms with Crippen molar-refractivity contribution in [2.45, 2.75) is 19.4 Å². The van der Waals surface area contributed by atoms with Crippen molar-refractivity contribution in [3.63, 3.8) is 0 Å². The zero-order valence-electron chi connectivity index (χ0n) is 16.4. The van der Waals surface area contributed by atoms with Crippen LogP contribution in [-0.4, -0.2) is 21.4 Å². The van der Waals surface area contributed by atoms with Crippen LogP contribution in [0.5, 0.6) is 0 Å². The summed E-state index contributed by atoms with van der Waals surface area (Å²) in [5.41, 5.74) is 0.511. The molecule has 1 aliphatic rings. The van der Waals surface area contributed by atoms with Gasteiger partial charge in [0.15, 0.2) is 0 Å². The maximum atomic E-state index is 12.7. The number of H-pyrrole nitrogens is 1. The van der Waals surface area contributed by atoms with Gasteiger partial charge in [-0.15, -0.1) is 0 Å². The van der Waals surface area contributed by atoms with E-state index in [9.17, 15) is 19.2 Å². The molecule has 0 radical (unpaired) electrons. The lowest BCUT2D eigenvalue weighted by molar-refractivity contribution is -0.125. The molecule has 0 saturated carbocycles. The first kappa shape index (κ1) is 20.6. The second-order valence-corrected chi connectivity index (χ2v) is 7.74. The van der Waals surface area contributed by atoms with Crippen LogP contribution in [0.4, 0.5) is 11.5 Å². The predicted octanol–water partition coefficient (Wildman–Crippen LogP) is 2.38. The van der Waals surface area contributed by atoms with E-state index in [0.717, 1.165) is 5.56 Å². The Bertz CT molecular complexity index is 1250. The molecule has 0 spiro atoms. The van der Waals surface area contributed by atoms with Crippen molar-refractivity contribution in [1.29, 1.82) is 0 Å². The largest absolute Gasteiger partial charge is 0.330 e. The summed E-state index contributed by atoms with van der Waals surface area (Å²) in [5, 5.41) is 5.92. The Morgan fingerprint density at radius 3 is 2.48 bits per heavy atom. The van der Waals surface area contributed by atoms with Crippen molar-refractivity contribution in [2.24, 2.45) is 5.92 Å². The lowest BCUT2D eigenvalue weighted by Crippen LogP contribution is -2.42. The van der Waals surface area contributed by atoms with Gasteiger partial charge in [-0.3, -0.25) is 23.9 Å². The van der Waals surface area contributed by atoms with E-state index in [1.54, 1.807) is 24.3 Å². The molecule has 31 heavy (non-hydrogen) atoms. The predicted molar refractivity (Wildman–Crippen MR) is 117 cm³/mol. The average molecular weight is 439 g/mol. The second-order valence-electron chi connectivity index (χ2n) is 7.31. The zero-order chi connectivity index (χ0) is 22.0. The maximum Gasteiger partial charge on any atom is 0.330 e. The fourth-order valence-electron chi connectivity index (χ4n) is 3.55. The molecular weight excluding hydrogens is 420 g/mol. The molecule has 2 aromatic carbocycles. The summed E-state index contributed by atoms with van der Waals surface area (Å²) in [4.78, 5) is 52.2. The Hall–Kier alpha value is -3.65. The number of fused-ring (bicyclic) bond motifs is 1. The lowest BCUT2D eigenvalue weighted by atomic mass is 9.92. The van der Waals surface area contributed by atoms with Crippen LogP contribution in [0.15, 0.2) is 64.2 Å². The summed E-state index contributed by atoms with van der Waals surface area (Å²) >= 11 is 5.84. The molecule has 1 aliphatic heterocycles. The quantitative estimate of drug-likeness (QED) is 0.567. The molecule has 1 aromatic heterocycles. The molecular formula is C22H19ClN4O4. The van der Waals surface area contributed by atoms with Crippen LogP contribution in [0.25, 0.3) is 0 Å². The van der Waals surface area contributed by atoms with E-state index in [2.05, 4.69) is 15.6 Å². The minimum atomic E-state index is -0.733. The van der Waals surface area contributed by atoms with E-state index < -0.39 is 23.1 Å². The van der Waals surface area contributed by atoms with Crippen molar-refractivity contribution >= 4 is 34.9 Å². The zero-order valence-corrected chi connectivity index (χ0v) is 17.1. The molecule has 2 amide bonds. The molecule has 158 valence electrons. The molecule has 3 aromatic rings. The number of hydrogen-bond acceptors (Lipinski definition) is 4. The molecule has 0 aliphatic carbocycles. The van der Waals surface area contributed by atoms with Crippen LogP contribution < -0.4 is 21.9 Å². The summed E-state index contributed by atoms with van der Waals surface area (Å²) in [7, 11) is 0. The summed E-state index contributed by atoms with van der Waals surface area (Å²) < 4.78 is 1.33. The first-order valence-corrected chi connectivity index (χ1v) is 10.0. The minimum Gasteiger partial charge on any atom is -0.326 e. The highest BCUT2D eigenvalue weighted by Gasteiger charge is 2.32. The molecule has 1 unspecified atom stereocenters. The minimum absolute atomic E-state index is 0.0552. The first-order chi connectivity index (χ1) is 14.9. The number of carbonyl (C=O) groups is 2. The van der Waals surface area contributed by atoms with Gasteiger partial charge in [0.2, 0.25) is 11.8 Å². The number of halogens is 1. The highest BCUT2D eigenvalue weighted by atomic mass is 35.5. The van der Waals surface area contributed by atoms with Crippen molar-refractivity contribution in [2.75, 3.05) is 10.6 Å². The van der Waals surface area contributed by atoms with Gasteiger partial charge < -0.3 is 10.6 Å². The lowest BCUT2D eigenvalue weighted by Gasteiger charge is -2.26. The third kappa shape index (κ3) is 4.59. The first-order valence-electron chi connectivity index (χ1n) is 9.67. The number of carbonyl (C=O) groups excluding carboxylic acids is 2. The molecule has 0 bridgehead atoms. The smallest absolute Gasteiger partial charge is 0.326 e. The Labute approximate surface area is 181 Å². The summed E-state index contributed by atoms with van der Waals surface area (Å²) in [5.74, 6) is -1.33. The number of nitrogens with zero attached hydrogens (tertiary/aromatic N) is 1. The standard InChI is InChI=1S/C22H19ClN4O4/c23-15-6-8-16(9-7-15)24-18(28)11-14-10-17-19(25-20(14)29)27(22(31)26-21(17)30)12-13-4-2-1-3-5-13/h1-9,14H,10-12H2,(H,24,28)(H,25,29)(H,26,30,31). The van der Waals surface area contributed by atoms with Crippen molar-refractivity contribution in [3.8, 4) is 0 Å². The van der Waals surface area contributed by atoms with Gasteiger partial charge >= 0.3 is 5.69 Å². The normalized spacial score (nSPS) is 15.1. The number of hydrogen-bond donors (Lipinski definition) is 3. The fourth-order valence-corrected chi connectivity index (χ4v) is 3.68. The SMILES string of the molecule is O=C(CC1Cc2c(n(Cc3ccccc3)c(=O)[nH]c2=O)NC1=O)Nc1ccc(Cl)cc1. The fraction of sp³-hybridized carbons (Fsp3) is 0.182. The average Bonchev–Trinajstić information content (AvgIpc) is 2.74. The Kier molecular flexibility index (Phi) is 5.73. The van der Waals surface area contributed by atoms with Gasteiger partial charge in [-0.2, -0.15) is 0 Å². The van der Waals surface area contributed by atoms with Gasteiger partial charge in [-0.25, -0.2) is 4.79 Å². The number of rotatable bonds is 5. The number of aromatic amines is 1. The van der Waals surface area contributed by atoms with E-state index in [-0.39, 0.29) is 36.7 Å². The van der Waals surface area contributed by atoms with Gasteiger partial charge in [-0.1, -0.05) is 41.9 Å². The molecule has 8 nitrogen and oxygen atoms in total. The maximum absolute atomic E-state index is 12.7. The molecule has 2 heterocycles. The van der Waals surface area contributed by atoms with Crippen LogP contribution >= 0.6 is 11.6 Å². The monoisotopic (exact) mass is 438 g/mol. The molecule has 4 rings (SSSR count). The number of aromatic nitrogens is 2. The van der Waals surface area contributed by atoms with E-state index in [0.29, 0.717) is 10.7 Å². The molecule has 0 saturated heterocycles. The highest BCUT2D eigenvalue weighted by Crippen LogP contribution is 2.25. The Morgan fingerprint density at radius 1 is 1.06 bits per heavy atom. The van der Waals surface area contributed by atoms with Gasteiger partial charge in [0.05, 0.1) is 18.0 Å². The highest BCUT2D eigenvalue weighted by molar-refractivity contribution is 6.30. The van der Waals surface area contributed by atoms with Crippen LogP contribution in [0.1, 0.15) is 17.5 Å². The van der Waals surface area contributed by atoms with Crippen molar-refractivity contribution in [3.05, 3.63) is 91.6 Å². The summed E-state index contributed by atoms with van der Waals surface area (Å²) in [6.07, 6.45) is -0.0508. The van der Waals surface area contributed by atoms with Crippen LogP contribution in [0.2, 0.25) is 5.02 Å². The number of anilines is 2. The van der Waals surface area contributed by atoms with Crippen LogP contribution in [-0.2, 0) is 22.6 Å². The van der Waals surface area contributed by atoms with Crippen LogP contribution in [0.3, 0.4) is 0 Å². The third-order valence-electron chi connectivity index (χ3n) is 5.10. The topological polar surface area (TPSA) is 113 Å². The Balaban J connectivity index is 1.55. The van der Waals surface area contributed by atoms with Crippen LogP contribution in [0, 0.1) is 5.92 Å². The molecule has 0 fully saturated rings. The van der Waals surface area contributed by atoms with Crippen molar-refractivity contribution in [1.82, 2.24) is 9.55 Å². The van der Waals surface area contributed by atoms with Gasteiger partial charge in [0.25, 0.3) is 5.56 Å². The number of amides is 2. The molecule has 1 atom stereocenters. The third-order valence-corrected chi connectivity index (χ3v) is 5.35. The summed E-state index contributed by atoms with van der Waals surface area (Å²) in [6, 6.07) is 15.8. The van der Waals surface area contributed by atoms with E-state index >= 15 is 0 Å². The van der Waals surface area contributed by atoms with E-state index in [1.807, 2.05) is 30.3 Å². The Morgan fingerprint density at radius 2 is 1.77 bits per heavy atom.